The fourth-order valence-electron chi connectivity index (χ4n) is 2.26. The fraction of sp³-hybridized carbons (Fsp3) is 0.846. The predicted octanol–water partition coefficient (Wildman–Crippen LogP) is 1.26. The van der Waals surface area contributed by atoms with E-state index in [9.17, 15) is 9.59 Å². The van der Waals surface area contributed by atoms with Gasteiger partial charge in [-0.25, -0.2) is 4.79 Å². The molecule has 0 aromatic rings. The molecule has 0 aromatic carbocycles. The Labute approximate surface area is 114 Å². The highest BCUT2D eigenvalue weighted by molar-refractivity contribution is 5.76. The van der Waals surface area contributed by atoms with Gasteiger partial charge in [0, 0.05) is 33.3 Å². The van der Waals surface area contributed by atoms with Gasteiger partial charge in [-0.1, -0.05) is 6.92 Å². The molecule has 1 aliphatic rings. The predicted molar refractivity (Wildman–Crippen MR) is 71.0 cm³/mol. The minimum absolute atomic E-state index is 0.0858. The zero-order valence-electron chi connectivity index (χ0n) is 12.0. The Kier molecular flexibility index (Phi) is 6.08. The molecular weight excluding hydrogens is 248 g/mol. The molecule has 1 fully saturated rings. The minimum Gasteiger partial charge on any atom is -0.481 e. The van der Waals surface area contributed by atoms with Crippen molar-refractivity contribution in [2.24, 2.45) is 5.92 Å². The number of ether oxygens (including phenoxy) is 1. The number of amides is 2. The lowest BCUT2D eigenvalue weighted by atomic mass is 10.1. The number of carboxylic acid groups (broad SMARTS) is 1. The monoisotopic (exact) mass is 272 g/mol. The van der Waals surface area contributed by atoms with Crippen molar-refractivity contribution in [2.75, 3.05) is 33.3 Å². The number of methoxy groups -OCH3 is 1. The van der Waals surface area contributed by atoms with Crippen molar-refractivity contribution >= 4 is 12.0 Å². The summed E-state index contributed by atoms with van der Waals surface area (Å²) in [5.74, 6) is -1.42. The van der Waals surface area contributed by atoms with Crippen molar-refractivity contribution in [3.63, 3.8) is 0 Å². The lowest BCUT2D eigenvalue weighted by Crippen LogP contribution is -2.50. The number of urea groups is 1. The average molecular weight is 272 g/mol. The van der Waals surface area contributed by atoms with E-state index in [1.165, 1.54) is 0 Å². The van der Waals surface area contributed by atoms with Crippen LogP contribution in [0.15, 0.2) is 0 Å². The van der Waals surface area contributed by atoms with Crippen molar-refractivity contribution in [3.05, 3.63) is 0 Å². The van der Waals surface area contributed by atoms with Gasteiger partial charge in [0.25, 0.3) is 0 Å². The molecule has 110 valence electrons. The highest BCUT2D eigenvalue weighted by Crippen LogP contribution is 2.15. The van der Waals surface area contributed by atoms with Crippen LogP contribution in [-0.4, -0.2) is 66.3 Å². The molecule has 2 amide bonds. The Morgan fingerprint density at radius 1 is 1.53 bits per heavy atom. The van der Waals surface area contributed by atoms with E-state index in [0.29, 0.717) is 13.1 Å². The molecule has 0 radical (unpaired) electrons. The van der Waals surface area contributed by atoms with Gasteiger partial charge in [0.1, 0.15) is 0 Å². The molecule has 0 bridgehead atoms. The van der Waals surface area contributed by atoms with Crippen LogP contribution in [0.1, 0.15) is 26.7 Å². The number of piperidine rings is 1. The number of carbonyl (C=O) groups excluding carboxylic acids is 1. The molecule has 0 spiro atoms. The molecule has 0 saturated carbocycles. The second-order valence-corrected chi connectivity index (χ2v) is 5.01. The van der Waals surface area contributed by atoms with Crippen molar-refractivity contribution in [1.29, 1.82) is 0 Å². The number of hydrogen-bond donors (Lipinski definition) is 1. The molecule has 2 atom stereocenters. The first kappa shape index (κ1) is 15.8. The Bertz CT molecular complexity index is 322. The molecule has 0 aliphatic carbocycles. The first-order valence-electron chi connectivity index (χ1n) is 6.79. The number of aliphatic carboxylic acids is 1. The van der Waals surface area contributed by atoms with Gasteiger partial charge >= 0.3 is 12.0 Å². The lowest BCUT2D eigenvalue weighted by molar-refractivity contribution is -0.141. The van der Waals surface area contributed by atoms with E-state index in [4.69, 9.17) is 9.84 Å². The third-order valence-electron chi connectivity index (χ3n) is 3.55. The van der Waals surface area contributed by atoms with E-state index < -0.39 is 11.9 Å². The van der Waals surface area contributed by atoms with Crippen LogP contribution in [0.25, 0.3) is 0 Å². The first-order chi connectivity index (χ1) is 8.99. The van der Waals surface area contributed by atoms with Gasteiger partial charge < -0.3 is 19.6 Å². The van der Waals surface area contributed by atoms with Gasteiger partial charge in [-0.05, 0) is 19.8 Å². The summed E-state index contributed by atoms with van der Waals surface area (Å²) in [5.41, 5.74) is 0. The second-order valence-electron chi connectivity index (χ2n) is 5.01. The lowest BCUT2D eigenvalue weighted by Gasteiger charge is -2.36. The standard InChI is InChI=1S/C13H24N2O4/c1-4-14(8-10(2)12(16)17)13(18)15-7-5-6-11(9-15)19-3/h10-11H,4-9H2,1-3H3,(H,16,17). The highest BCUT2D eigenvalue weighted by Gasteiger charge is 2.28. The number of hydrogen-bond acceptors (Lipinski definition) is 3. The second kappa shape index (κ2) is 7.33. The van der Waals surface area contributed by atoms with Crippen molar-refractivity contribution in [3.8, 4) is 0 Å². The number of carbonyl (C=O) groups is 2. The van der Waals surface area contributed by atoms with E-state index >= 15 is 0 Å². The number of carboxylic acids is 1. The SMILES string of the molecule is CCN(CC(C)C(=O)O)C(=O)N1CCCC(OC)C1. The third-order valence-corrected chi connectivity index (χ3v) is 3.55. The Morgan fingerprint density at radius 2 is 2.21 bits per heavy atom. The maximum absolute atomic E-state index is 12.4. The van der Waals surface area contributed by atoms with Crippen LogP contribution in [0, 0.1) is 5.92 Å². The minimum atomic E-state index is -0.875. The van der Waals surface area contributed by atoms with Crippen LogP contribution in [0.5, 0.6) is 0 Å². The van der Waals surface area contributed by atoms with Gasteiger partial charge in [0.15, 0.2) is 0 Å². The van der Waals surface area contributed by atoms with E-state index in [0.717, 1.165) is 19.4 Å². The number of likely N-dealkylation sites (tertiary alicyclic amines) is 1. The summed E-state index contributed by atoms with van der Waals surface area (Å²) in [6.07, 6.45) is 1.99. The maximum Gasteiger partial charge on any atom is 0.320 e. The van der Waals surface area contributed by atoms with Crippen LogP contribution < -0.4 is 0 Å². The van der Waals surface area contributed by atoms with Crippen molar-refractivity contribution in [2.45, 2.75) is 32.8 Å². The average Bonchev–Trinajstić information content (AvgIpc) is 2.43. The quantitative estimate of drug-likeness (QED) is 0.818. The summed E-state index contributed by atoms with van der Waals surface area (Å²) in [5, 5.41) is 8.93. The Balaban J connectivity index is 2.59. The fourth-order valence-corrected chi connectivity index (χ4v) is 2.26. The summed E-state index contributed by atoms with van der Waals surface area (Å²) in [4.78, 5) is 26.6. The van der Waals surface area contributed by atoms with Crippen LogP contribution in [0.2, 0.25) is 0 Å². The van der Waals surface area contributed by atoms with E-state index in [1.807, 2.05) is 6.92 Å². The molecule has 1 aliphatic heterocycles. The molecule has 6 nitrogen and oxygen atoms in total. The van der Waals surface area contributed by atoms with Crippen LogP contribution >= 0.6 is 0 Å². The zero-order valence-corrected chi connectivity index (χ0v) is 12.0. The summed E-state index contributed by atoms with van der Waals surface area (Å²) < 4.78 is 5.30. The van der Waals surface area contributed by atoms with Crippen LogP contribution in [-0.2, 0) is 9.53 Å². The third kappa shape index (κ3) is 4.38. The summed E-state index contributed by atoms with van der Waals surface area (Å²) >= 11 is 0. The van der Waals surface area contributed by atoms with Crippen molar-refractivity contribution in [1.82, 2.24) is 9.80 Å². The normalized spacial score (nSPS) is 21.0. The summed E-state index contributed by atoms with van der Waals surface area (Å²) in [6.45, 7) is 5.56. The van der Waals surface area contributed by atoms with Gasteiger partial charge in [-0.2, -0.15) is 0 Å². The smallest absolute Gasteiger partial charge is 0.320 e. The van der Waals surface area contributed by atoms with Gasteiger partial charge in [0.2, 0.25) is 0 Å². The molecule has 1 saturated heterocycles. The molecular formula is C13H24N2O4. The highest BCUT2D eigenvalue weighted by atomic mass is 16.5. The Morgan fingerprint density at radius 3 is 2.74 bits per heavy atom. The number of rotatable bonds is 5. The summed E-state index contributed by atoms with van der Waals surface area (Å²) in [7, 11) is 1.66. The van der Waals surface area contributed by atoms with Crippen LogP contribution in [0.4, 0.5) is 4.79 Å². The first-order valence-corrected chi connectivity index (χ1v) is 6.79. The zero-order chi connectivity index (χ0) is 14.4. The molecule has 2 unspecified atom stereocenters. The Hall–Kier alpha value is -1.30. The maximum atomic E-state index is 12.4. The molecule has 1 N–H and O–H groups in total. The molecule has 1 rings (SSSR count). The number of nitrogens with zero attached hydrogens (tertiary/aromatic N) is 2. The van der Waals surface area contributed by atoms with E-state index in [2.05, 4.69) is 0 Å². The van der Waals surface area contributed by atoms with E-state index in [1.54, 1.807) is 23.8 Å². The topological polar surface area (TPSA) is 70.1 Å². The van der Waals surface area contributed by atoms with Gasteiger partial charge in [-0.15, -0.1) is 0 Å². The molecule has 0 aromatic heterocycles. The van der Waals surface area contributed by atoms with Gasteiger partial charge in [-0.3, -0.25) is 4.79 Å². The molecule has 6 heteroatoms. The van der Waals surface area contributed by atoms with Gasteiger partial charge in [0.05, 0.1) is 12.0 Å². The molecule has 19 heavy (non-hydrogen) atoms. The van der Waals surface area contributed by atoms with Crippen LogP contribution in [0.3, 0.4) is 0 Å². The molecule has 1 heterocycles. The van der Waals surface area contributed by atoms with Crippen molar-refractivity contribution < 1.29 is 19.4 Å². The summed E-state index contributed by atoms with van der Waals surface area (Å²) in [6, 6.07) is -0.0858. The van der Waals surface area contributed by atoms with E-state index in [-0.39, 0.29) is 18.7 Å². The largest absolute Gasteiger partial charge is 0.481 e.